The molecule has 1 atom stereocenters. The molecule has 0 aromatic carbocycles. The van der Waals surface area contributed by atoms with Crippen molar-refractivity contribution in [3.05, 3.63) is 11.8 Å². The molecule has 3 rings (SSSR count). The first-order chi connectivity index (χ1) is 9.09. The van der Waals surface area contributed by atoms with E-state index in [-0.39, 0.29) is 23.9 Å². The van der Waals surface area contributed by atoms with Crippen LogP contribution in [-0.4, -0.2) is 34.6 Å². The van der Waals surface area contributed by atoms with E-state index in [1.807, 2.05) is 13.8 Å². The maximum atomic E-state index is 12.3. The number of carbonyl (C=O) groups is 2. The van der Waals surface area contributed by atoms with Crippen LogP contribution >= 0.6 is 0 Å². The second kappa shape index (κ2) is 4.36. The van der Waals surface area contributed by atoms with Crippen molar-refractivity contribution in [1.82, 2.24) is 10.1 Å². The Hall–Kier alpha value is -1.85. The molecular weight excluding hydrogens is 246 g/mol. The largest absolute Gasteiger partial charge is 0.359 e. The third-order valence-electron chi connectivity index (χ3n) is 3.76. The topological polar surface area (TPSA) is 66.7 Å². The van der Waals surface area contributed by atoms with Gasteiger partial charge in [0.2, 0.25) is 0 Å². The molecule has 2 saturated heterocycles. The number of hydrogen-bond donors (Lipinski definition) is 0. The van der Waals surface area contributed by atoms with Crippen LogP contribution in [0.5, 0.6) is 0 Å². The van der Waals surface area contributed by atoms with Crippen LogP contribution in [0.25, 0.3) is 0 Å². The third kappa shape index (κ3) is 1.82. The number of urea groups is 1. The highest BCUT2D eigenvalue weighted by Gasteiger charge is 2.47. The summed E-state index contributed by atoms with van der Waals surface area (Å²) in [6.45, 7) is 4.60. The third-order valence-corrected chi connectivity index (χ3v) is 3.76. The van der Waals surface area contributed by atoms with Gasteiger partial charge in [-0.3, -0.25) is 4.79 Å². The summed E-state index contributed by atoms with van der Waals surface area (Å²) in [6, 6.07) is 1.11. The van der Waals surface area contributed by atoms with Gasteiger partial charge in [0, 0.05) is 18.5 Å². The van der Waals surface area contributed by atoms with Gasteiger partial charge in [0.05, 0.1) is 0 Å². The van der Waals surface area contributed by atoms with Gasteiger partial charge in [-0.2, -0.15) is 0 Å². The van der Waals surface area contributed by atoms with Crippen LogP contribution < -0.4 is 4.90 Å². The minimum atomic E-state index is -0.305. The van der Waals surface area contributed by atoms with Gasteiger partial charge in [0.1, 0.15) is 11.8 Å². The maximum Gasteiger partial charge on any atom is 0.333 e. The van der Waals surface area contributed by atoms with Gasteiger partial charge >= 0.3 is 6.03 Å². The van der Waals surface area contributed by atoms with E-state index in [9.17, 15) is 9.59 Å². The highest BCUT2D eigenvalue weighted by Crippen LogP contribution is 2.31. The van der Waals surface area contributed by atoms with E-state index in [0.717, 1.165) is 24.2 Å². The summed E-state index contributed by atoms with van der Waals surface area (Å²) in [7, 11) is 0. The Morgan fingerprint density at radius 2 is 2.16 bits per heavy atom. The zero-order valence-corrected chi connectivity index (χ0v) is 11.1. The molecule has 19 heavy (non-hydrogen) atoms. The van der Waals surface area contributed by atoms with Crippen LogP contribution in [0.4, 0.5) is 10.6 Å². The van der Waals surface area contributed by atoms with Crippen LogP contribution in [0.2, 0.25) is 0 Å². The van der Waals surface area contributed by atoms with Crippen LogP contribution in [0.1, 0.15) is 44.8 Å². The summed E-state index contributed by atoms with van der Waals surface area (Å²) in [6.07, 6.45) is 2.69. The van der Waals surface area contributed by atoms with Gasteiger partial charge in [-0.25, -0.2) is 9.69 Å². The first-order valence-corrected chi connectivity index (χ1v) is 6.71. The van der Waals surface area contributed by atoms with Gasteiger partial charge in [0.15, 0.2) is 5.82 Å². The molecule has 0 aliphatic carbocycles. The van der Waals surface area contributed by atoms with Gasteiger partial charge < -0.3 is 9.42 Å². The molecule has 6 nitrogen and oxygen atoms in total. The fourth-order valence-corrected chi connectivity index (χ4v) is 2.66. The second-order valence-corrected chi connectivity index (χ2v) is 5.40. The van der Waals surface area contributed by atoms with E-state index in [4.69, 9.17) is 4.52 Å². The molecule has 0 unspecified atom stereocenters. The van der Waals surface area contributed by atoms with E-state index in [1.54, 1.807) is 11.0 Å². The fourth-order valence-electron chi connectivity index (χ4n) is 2.66. The van der Waals surface area contributed by atoms with Crippen molar-refractivity contribution in [1.29, 1.82) is 0 Å². The van der Waals surface area contributed by atoms with Crippen LogP contribution in [0.15, 0.2) is 10.6 Å². The Morgan fingerprint density at radius 1 is 1.37 bits per heavy atom. The monoisotopic (exact) mass is 263 g/mol. The number of fused-ring (bicyclic) bond motifs is 1. The van der Waals surface area contributed by atoms with Crippen LogP contribution in [0, 0.1) is 0 Å². The first-order valence-electron chi connectivity index (χ1n) is 6.71. The smallest absolute Gasteiger partial charge is 0.333 e. The zero-order valence-electron chi connectivity index (χ0n) is 11.1. The Kier molecular flexibility index (Phi) is 2.80. The van der Waals surface area contributed by atoms with E-state index in [1.165, 1.54) is 0 Å². The molecule has 0 N–H and O–H groups in total. The van der Waals surface area contributed by atoms with Crippen molar-refractivity contribution in [2.24, 2.45) is 0 Å². The molecule has 2 aliphatic rings. The van der Waals surface area contributed by atoms with Crippen LogP contribution in [-0.2, 0) is 4.79 Å². The lowest BCUT2D eigenvalue weighted by Crippen LogP contribution is -2.39. The SMILES string of the molecule is CC(C)c1cc(N2C(=O)[C@@H]3CCCCN3C2=O)no1. The summed E-state index contributed by atoms with van der Waals surface area (Å²) in [5.74, 6) is 0.999. The zero-order chi connectivity index (χ0) is 13.6. The molecule has 0 saturated carbocycles. The van der Waals surface area contributed by atoms with Crippen molar-refractivity contribution in [3.63, 3.8) is 0 Å². The Labute approximate surface area is 111 Å². The van der Waals surface area contributed by atoms with E-state index in [0.29, 0.717) is 18.1 Å². The number of hydrogen-bond acceptors (Lipinski definition) is 4. The number of carbonyl (C=O) groups excluding carboxylic acids is 2. The van der Waals surface area contributed by atoms with Crippen molar-refractivity contribution in [2.75, 3.05) is 11.4 Å². The van der Waals surface area contributed by atoms with E-state index in [2.05, 4.69) is 5.16 Å². The van der Waals surface area contributed by atoms with Crippen molar-refractivity contribution in [3.8, 4) is 0 Å². The number of piperidine rings is 1. The van der Waals surface area contributed by atoms with Gasteiger partial charge in [0.25, 0.3) is 5.91 Å². The molecule has 3 amide bonds. The molecule has 0 radical (unpaired) electrons. The normalized spacial score (nSPS) is 23.4. The Balaban J connectivity index is 1.91. The Morgan fingerprint density at radius 3 is 2.79 bits per heavy atom. The molecule has 0 spiro atoms. The highest BCUT2D eigenvalue weighted by molar-refractivity contribution is 6.20. The van der Waals surface area contributed by atoms with Crippen molar-refractivity contribution in [2.45, 2.75) is 45.1 Å². The number of aromatic nitrogens is 1. The van der Waals surface area contributed by atoms with Gasteiger partial charge in [-0.15, -0.1) is 0 Å². The molecule has 6 heteroatoms. The molecule has 2 aliphatic heterocycles. The highest BCUT2D eigenvalue weighted by atomic mass is 16.5. The average molecular weight is 263 g/mol. The lowest BCUT2D eigenvalue weighted by atomic mass is 10.0. The minimum Gasteiger partial charge on any atom is -0.359 e. The maximum absolute atomic E-state index is 12.3. The Bertz CT molecular complexity index is 499. The fraction of sp³-hybridized carbons (Fsp3) is 0.615. The molecule has 0 bridgehead atoms. The lowest BCUT2D eigenvalue weighted by molar-refractivity contribution is -0.120. The predicted octanol–water partition coefficient (Wildman–Crippen LogP) is 2.12. The summed E-state index contributed by atoms with van der Waals surface area (Å²) in [5.41, 5.74) is 0. The number of nitrogens with zero attached hydrogens (tertiary/aromatic N) is 3. The van der Waals surface area contributed by atoms with Crippen molar-refractivity contribution < 1.29 is 14.1 Å². The molecule has 2 fully saturated rings. The molecule has 102 valence electrons. The minimum absolute atomic E-state index is 0.173. The predicted molar refractivity (Wildman–Crippen MR) is 67.8 cm³/mol. The summed E-state index contributed by atoms with van der Waals surface area (Å²) < 4.78 is 5.17. The number of imide groups is 1. The molecular formula is C13H17N3O3. The van der Waals surface area contributed by atoms with E-state index >= 15 is 0 Å². The molecule has 3 heterocycles. The number of rotatable bonds is 2. The molecule has 1 aromatic heterocycles. The number of anilines is 1. The van der Waals surface area contributed by atoms with E-state index < -0.39 is 0 Å². The molecule has 1 aromatic rings. The summed E-state index contributed by atoms with van der Waals surface area (Å²) >= 11 is 0. The lowest BCUT2D eigenvalue weighted by Gasteiger charge is -2.25. The number of amides is 3. The van der Waals surface area contributed by atoms with Gasteiger partial charge in [-0.1, -0.05) is 19.0 Å². The standard InChI is InChI=1S/C13H17N3O3/c1-8(2)10-7-11(14-19-10)16-12(17)9-5-3-4-6-15(9)13(16)18/h7-9H,3-6H2,1-2H3/t9-/m0/s1. The van der Waals surface area contributed by atoms with Crippen molar-refractivity contribution >= 4 is 17.8 Å². The average Bonchev–Trinajstić information content (AvgIpc) is 2.96. The summed E-state index contributed by atoms with van der Waals surface area (Å²) in [4.78, 5) is 27.4. The summed E-state index contributed by atoms with van der Waals surface area (Å²) in [5, 5.41) is 3.86. The first kappa shape index (κ1) is 12.2. The van der Waals surface area contributed by atoms with Gasteiger partial charge in [-0.05, 0) is 19.3 Å². The second-order valence-electron chi connectivity index (χ2n) is 5.40. The van der Waals surface area contributed by atoms with Crippen LogP contribution in [0.3, 0.4) is 0 Å². The quantitative estimate of drug-likeness (QED) is 0.766.